The second-order valence-corrected chi connectivity index (χ2v) is 18.0. The molecule has 7 rings (SSSR count). The Morgan fingerprint density at radius 1 is 1.10 bits per heavy atom. The molecule has 1 N–H and O–H groups in total. The number of carbonyl (C=O) groups excluding carboxylic acids is 4. The van der Waals surface area contributed by atoms with Gasteiger partial charge in [-0.3, -0.25) is 23.9 Å². The zero-order chi connectivity index (χ0) is 36.2. The average molecular weight is 720 g/mol. The maximum absolute atomic E-state index is 14.6. The second kappa shape index (κ2) is 13.3. The first-order chi connectivity index (χ1) is 24.3. The van der Waals surface area contributed by atoms with Gasteiger partial charge in [0.2, 0.25) is 21.8 Å². The fourth-order valence-corrected chi connectivity index (χ4v) is 9.87. The van der Waals surface area contributed by atoms with Crippen LogP contribution < -0.4 is 9.46 Å². The number of aromatic nitrogens is 1. The molecule has 2 aliphatic carbocycles. The summed E-state index contributed by atoms with van der Waals surface area (Å²) >= 11 is 0. The molecule has 1 saturated heterocycles. The molecule has 1 aromatic carbocycles. The number of allylic oxidation sites excluding steroid dienone is 2. The van der Waals surface area contributed by atoms with Crippen LogP contribution in [0.2, 0.25) is 0 Å². The van der Waals surface area contributed by atoms with Gasteiger partial charge in [-0.25, -0.2) is 13.4 Å². The smallest absolute Gasteiger partial charge is 0.306 e. The Morgan fingerprint density at radius 2 is 1.88 bits per heavy atom. The summed E-state index contributed by atoms with van der Waals surface area (Å²) in [6.07, 6.45) is 10.2. The van der Waals surface area contributed by atoms with Crippen LogP contribution in [0.5, 0.6) is 5.75 Å². The molecular weight excluding hydrogens is 671 g/mol. The van der Waals surface area contributed by atoms with E-state index in [-0.39, 0.29) is 50.0 Å². The van der Waals surface area contributed by atoms with Gasteiger partial charge in [-0.05, 0) is 84.1 Å². The van der Waals surface area contributed by atoms with Crippen molar-refractivity contribution in [3.8, 4) is 5.75 Å². The number of pyridine rings is 1. The fourth-order valence-electron chi connectivity index (χ4n) is 8.53. The van der Waals surface area contributed by atoms with Gasteiger partial charge in [-0.1, -0.05) is 43.2 Å². The average Bonchev–Trinajstić information content (AvgIpc) is 3.98. The Morgan fingerprint density at radius 3 is 2.65 bits per heavy atom. The van der Waals surface area contributed by atoms with Crippen LogP contribution in [0, 0.1) is 24.2 Å². The van der Waals surface area contributed by atoms with E-state index in [2.05, 4.69) is 4.72 Å². The number of rotatable bonds is 6. The molecule has 0 radical (unpaired) electrons. The van der Waals surface area contributed by atoms with Crippen LogP contribution in [0.25, 0.3) is 10.9 Å². The van der Waals surface area contributed by atoms with Gasteiger partial charge in [0.25, 0.3) is 0 Å². The number of para-hydroxylation sites is 1. The number of benzene rings is 1. The molecule has 0 bridgehead atoms. The van der Waals surface area contributed by atoms with E-state index in [1.165, 1.54) is 0 Å². The van der Waals surface area contributed by atoms with E-state index in [1.54, 1.807) is 18.7 Å². The highest BCUT2D eigenvalue weighted by molar-refractivity contribution is 7.91. The number of esters is 1. The summed E-state index contributed by atoms with van der Waals surface area (Å²) in [5, 5.41) is 1.01. The van der Waals surface area contributed by atoms with Crippen LogP contribution in [-0.2, 0) is 40.4 Å². The van der Waals surface area contributed by atoms with Crippen molar-refractivity contribution in [2.45, 2.75) is 121 Å². The summed E-state index contributed by atoms with van der Waals surface area (Å²) in [6.45, 7) is 5.62. The molecule has 1 spiro atoms. The van der Waals surface area contributed by atoms with E-state index >= 15 is 0 Å². The molecule has 12 heteroatoms. The van der Waals surface area contributed by atoms with Crippen LogP contribution in [0.4, 0.5) is 0 Å². The number of sulfonamides is 1. The first kappa shape index (κ1) is 35.6. The van der Waals surface area contributed by atoms with Gasteiger partial charge in [0.05, 0.1) is 47.0 Å². The highest BCUT2D eigenvalue weighted by atomic mass is 32.2. The summed E-state index contributed by atoms with van der Waals surface area (Å²) in [7, 11) is -3.92. The van der Waals surface area contributed by atoms with Gasteiger partial charge < -0.3 is 14.4 Å². The third-order valence-electron chi connectivity index (χ3n) is 12.1. The van der Waals surface area contributed by atoms with Crippen LogP contribution in [0.1, 0.15) is 102 Å². The number of nitrogens with zero attached hydrogens (tertiary/aromatic N) is 2. The Kier molecular flexibility index (Phi) is 9.29. The maximum Gasteiger partial charge on any atom is 0.306 e. The van der Waals surface area contributed by atoms with Crippen molar-refractivity contribution in [2.24, 2.45) is 17.3 Å². The third-order valence-corrected chi connectivity index (χ3v) is 14.2. The van der Waals surface area contributed by atoms with Crippen LogP contribution in [0.3, 0.4) is 0 Å². The molecule has 2 aromatic rings. The Bertz CT molecular complexity index is 1900. The van der Waals surface area contributed by atoms with Crippen molar-refractivity contribution < 1.29 is 37.1 Å². The molecule has 1 aromatic heterocycles. The van der Waals surface area contributed by atoms with Gasteiger partial charge in [0.15, 0.2) is 5.78 Å². The van der Waals surface area contributed by atoms with Crippen molar-refractivity contribution in [1.82, 2.24) is 14.6 Å². The lowest BCUT2D eigenvalue weighted by Crippen LogP contribution is -2.48. The van der Waals surface area contributed by atoms with Gasteiger partial charge in [-0.15, -0.1) is 0 Å². The lowest BCUT2D eigenvalue weighted by molar-refractivity contribution is -0.150. The number of amides is 2. The second-order valence-electron chi connectivity index (χ2n) is 15.8. The summed E-state index contributed by atoms with van der Waals surface area (Å²) in [4.78, 5) is 62.3. The molecule has 3 aliphatic heterocycles. The molecular formula is C39H49N3O8S. The quantitative estimate of drug-likeness (QED) is 0.312. The maximum atomic E-state index is 14.6. The van der Waals surface area contributed by atoms with E-state index in [0.29, 0.717) is 44.3 Å². The molecule has 2 saturated carbocycles. The van der Waals surface area contributed by atoms with Gasteiger partial charge >= 0.3 is 5.97 Å². The number of aryl methyl sites for hydroxylation is 2. The Balaban J connectivity index is 1.23. The monoisotopic (exact) mass is 719 g/mol. The first-order valence-corrected chi connectivity index (χ1v) is 20.1. The fraction of sp³-hybridized carbons (Fsp3) is 0.615. The molecule has 4 heterocycles. The Hall–Kier alpha value is -3.80. The number of ether oxygens (including phenoxy) is 2. The lowest BCUT2D eigenvalue weighted by Gasteiger charge is -2.36. The first-order valence-electron chi connectivity index (χ1n) is 18.6. The lowest BCUT2D eigenvalue weighted by atomic mass is 9.85. The van der Waals surface area contributed by atoms with Crippen molar-refractivity contribution in [1.29, 1.82) is 0 Å². The van der Waals surface area contributed by atoms with Gasteiger partial charge in [-0.2, -0.15) is 0 Å². The molecule has 5 atom stereocenters. The molecule has 0 unspecified atom stereocenters. The summed E-state index contributed by atoms with van der Waals surface area (Å²) < 4.78 is 39.8. The predicted molar refractivity (Wildman–Crippen MR) is 190 cm³/mol. The number of carbonyl (C=O) groups is 4. The molecule has 274 valence electrons. The topological polar surface area (TPSA) is 149 Å². The van der Waals surface area contributed by atoms with E-state index in [0.717, 1.165) is 47.8 Å². The van der Waals surface area contributed by atoms with Crippen molar-refractivity contribution in [3.63, 3.8) is 0 Å². The van der Waals surface area contributed by atoms with Crippen LogP contribution >= 0.6 is 0 Å². The SMILES string of the molecule is CCOC(=O)C[C@H]1CCCCC/C=C\[C@@H]2C[C@@]2(C(=O)NS(=O)(=O)C2(C)CC2)CC(=O)[C@@H]2C[C@]3(CCc4c(c(C)nc5ccccc45)O3)CN2C1=O. The highest BCUT2D eigenvalue weighted by Crippen LogP contribution is 2.58. The van der Waals surface area contributed by atoms with Crippen LogP contribution in [0.15, 0.2) is 36.4 Å². The molecule has 2 amide bonds. The normalized spacial score (nSPS) is 31.0. The zero-order valence-electron chi connectivity index (χ0n) is 29.9. The van der Waals surface area contributed by atoms with Crippen molar-refractivity contribution >= 4 is 44.5 Å². The van der Waals surface area contributed by atoms with Crippen LogP contribution in [-0.4, -0.2) is 71.4 Å². The van der Waals surface area contributed by atoms with E-state index in [4.69, 9.17) is 14.5 Å². The van der Waals surface area contributed by atoms with Crippen molar-refractivity contribution in [2.75, 3.05) is 13.2 Å². The number of hydrogen-bond donors (Lipinski definition) is 1. The van der Waals surface area contributed by atoms with E-state index in [9.17, 15) is 27.6 Å². The molecule has 11 nitrogen and oxygen atoms in total. The summed E-state index contributed by atoms with van der Waals surface area (Å²) in [5.41, 5.74) is 0.577. The summed E-state index contributed by atoms with van der Waals surface area (Å²) in [5.74, 6) is -1.97. The number of ketones is 1. The minimum atomic E-state index is -3.92. The number of fused-ring (bicyclic) bond motifs is 5. The Labute approximate surface area is 300 Å². The number of hydrogen-bond acceptors (Lipinski definition) is 9. The van der Waals surface area contributed by atoms with E-state index < -0.39 is 49.6 Å². The standard InChI is InChI=1S/C39H49N3O8S/c1-4-49-33(44)20-26-12-8-6-5-7-9-13-27-21-39(27,36(46)41-51(47,48)37(3)18-19-37)23-32(43)31-22-38(24-42(31)35(26)45)17-16-29-28-14-10-11-15-30(28)40-25(2)34(29)50-38/h9-11,13-15,26-27,31H,4-8,12,16-24H2,1-3H3,(H,41,46)/b13-9-/t26-,27-,31+,38-,39-/m1/s1. The molecule has 5 aliphatic rings. The highest BCUT2D eigenvalue weighted by Gasteiger charge is 2.63. The number of Topliss-reactive ketones (excluding diaryl/α,β-unsaturated/α-hetero) is 1. The van der Waals surface area contributed by atoms with Gasteiger partial charge in [0.1, 0.15) is 11.4 Å². The minimum Gasteiger partial charge on any atom is -0.483 e. The molecule has 51 heavy (non-hydrogen) atoms. The summed E-state index contributed by atoms with van der Waals surface area (Å²) in [6, 6.07) is 7.02. The largest absolute Gasteiger partial charge is 0.483 e. The zero-order valence-corrected chi connectivity index (χ0v) is 30.7. The third kappa shape index (κ3) is 6.68. The van der Waals surface area contributed by atoms with E-state index in [1.807, 2.05) is 43.3 Å². The minimum absolute atomic E-state index is 0.0826. The number of nitrogens with one attached hydrogen (secondary N) is 1. The van der Waals surface area contributed by atoms with Crippen molar-refractivity contribution in [3.05, 3.63) is 47.7 Å². The van der Waals surface area contributed by atoms with Gasteiger partial charge in [0, 0.05) is 29.7 Å². The predicted octanol–water partition coefficient (Wildman–Crippen LogP) is 5.26. The molecule has 3 fully saturated rings.